The first-order valence-corrected chi connectivity index (χ1v) is 8.33. The van der Waals surface area contributed by atoms with Crippen molar-refractivity contribution >= 4 is 5.96 Å². The van der Waals surface area contributed by atoms with Gasteiger partial charge in [-0.15, -0.1) is 16.8 Å². The fourth-order valence-corrected chi connectivity index (χ4v) is 2.36. The number of guanidine groups is 1. The molecular weight excluding hydrogens is 357 g/mol. The maximum atomic E-state index is 12.7. The number of halogens is 3. The van der Waals surface area contributed by atoms with Gasteiger partial charge in [0.05, 0.1) is 5.56 Å². The molecule has 0 amide bonds. The molecule has 2 aromatic rings. The minimum atomic E-state index is -4.34. The molecule has 0 fully saturated rings. The molecule has 0 radical (unpaired) electrons. The van der Waals surface area contributed by atoms with Crippen molar-refractivity contribution in [2.75, 3.05) is 13.6 Å². The molecule has 0 atom stereocenters. The largest absolute Gasteiger partial charge is 0.416 e. The highest BCUT2D eigenvalue weighted by Gasteiger charge is 2.29. The summed E-state index contributed by atoms with van der Waals surface area (Å²) in [7, 11) is 3.68. The summed E-state index contributed by atoms with van der Waals surface area (Å²) in [5, 5.41) is 11.2. The van der Waals surface area contributed by atoms with Crippen molar-refractivity contribution in [3.8, 4) is 0 Å². The van der Waals surface area contributed by atoms with Crippen molar-refractivity contribution in [3.05, 3.63) is 59.7 Å². The van der Waals surface area contributed by atoms with E-state index in [-0.39, 0.29) is 0 Å². The van der Waals surface area contributed by atoms with E-state index in [1.54, 1.807) is 6.08 Å². The van der Waals surface area contributed by atoms with Crippen LogP contribution >= 0.6 is 0 Å². The minimum Gasteiger partial charge on any atom is -0.353 e. The molecule has 0 saturated heterocycles. The lowest BCUT2D eigenvalue weighted by molar-refractivity contribution is -0.137. The summed E-state index contributed by atoms with van der Waals surface area (Å²) in [5.41, 5.74) is 0.0818. The SMILES string of the molecule is C=CCNC(=NCc1nnc(C)n1C)N(C)Cc1ccc(C(F)(F)F)cc1. The van der Waals surface area contributed by atoms with Crippen LogP contribution < -0.4 is 5.32 Å². The molecule has 6 nitrogen and oxygen atoms in total. The Hall–Kier alpha value is -2.84. The molecule has 0 bridgehead atoms. The quantitative estimate of drug-likeness (QED) is 0.476. The number of alkyl halides is 3. The Morgan fingerprint density at radius 1 is 1.30 bits per heavy atom. The number of nitrogens with one attached hydrogen (secondary N) is 1. The van der Waals surface area contributed by atoms with Crippen LogP contribution in [-0.4, -0.2) is 39.2 Å². The molecule has 0 spiro atoms. The van der Waals surface area contributed by atoms with Gasteiger partial charge in [0.25, 0.3) is 0 Å². The Morgan fingerprint density at radius 3 is 2.48 bits per heavy atom. The summed E-state index contributed by atoms with van der Waals surface area (Å²) in [5.74, 6) is 2.10. The highest BCUT2D eigenvalue weighted by atomic mass is 19.4. The van der Waals surface area contributed by atoms with Crippen LogP contribution in [0.4, 0.5) is 13.2 Å². The first kappa shape index (κ1) is 20.5. The Kier molecular flexibility index (Phi) is 6.59. The molecule has 9 heteroatoms. The molecule has 1 aromatic heterocycles. The number of aromatic nitrogens is 3. The van der Waals surface area contributed by atoms with Crippen LogP contribution in [0.25, 0.3) is 0 Å². The second-order valence-corrected chi connectivity index (χ2v) is 6.08. The lowest BCUT2D eigenvalue weighted by Gasteiger charge is -2.22. The van der Waals surface area contributed by atoms with Gasteiger partial charge in [-0.3, -0.25) is 0 Å². The molecule has 0 unspecified atom stereocenters. The fourth-order valence-electron chi connectivity index (χ4n) is 2.36. The van der Waals surface area contributed by atoms with Crippen LogP contribution in [0.15, 0.2) is 41.9 Å². The van der Waals surface area contributed by atoms with Crippen LogP contribution in [0, 0.1) is 6.92 Å². The summed E-state index contributed by atoms with van der Waals surface area (Å²) in [4.78, 5) is 6.37. The third-order valence-electron chi connectivity index (χ3n) is 4.02. The van der Waals surface area contributed by atoms with E-state index in [1.165, 1.54) is 12.1 Å². The molecule has 27 heavy (non-hydrogen) atoms. The van der Waals surface area contributed by atoms with Crippen LogP contribution in [-0.2, 0) is 26.3 Å². The highest BCUT2D eigenvalue weighted by Crippen LogP contribution is 2.29. The molecule has 1 aromatic carbocycles. The second kappa shape index (κ2) is 8.70. The maximum absolute atomic E-state index is 12.7. The van der Waals surface area contributed by atoms with Crippen LogP contribution in [0.3, 0.4) is 0 Å². The number of nitrogens with zero attached hydrogens (tertiary/aromatic N) is 5. The van der Waals surface area contributed by atoms with E-state index < -0.39 is 11.7 Å². The third kappa shape index (κ3) is 5.57. The lowest BCUT2D eigenvalue weighted by Crippen LogP contribution is -2.38. The van der Waals surface area contributed by atoms with Gasteiger partial charge >= 0.3 is 6.18 Å². The van der Waals surface area contributed by atoms with Crippen molar-refractivity contribution in [1.29, 1.82) is 0 Å². The van der Waals surface area contributed by atoms with Gasteiger partial charge in [-0.25, -0.2) is 4.99 Å². The fraction of sp³-hybridized carbons (Fsp3) is 0.389. The minimum absolute atomic E-state index is 0.328. The summed E-state index contributed by atoms with van der Waals surface area (Å²) in [6, 6.07) is 5.10. The summed E-state index contributed by atoms with van der Waals surface area (Å²) in [6.45, 7) is 6.77. The highest BCUT2D eigenvalue weighted by molar-refractivity contribution is 5.79. The molecule has 0 saturated carbocycles. The smallest absolute Gasteiger partial charge is 0.353 e. The Bertz CT molecular complexity index is 792. The number of aryl methyl sites for hydroxylation is 1. The van der Waals surface area contributed by atoms with E-state index in [0.717, 1.165) is 23.5 Å². The lowest BCUT2D eigenvalue weighted by atomic mass is 10.1. The van der Waals surface area contributed by atoms with E-state index >= 15 is 0 Å². The van der Waals surface area contributed by atoms with Gasteiger partial charge in [0.2, 0.25) is 0 Å². The predicted octanol–water partition coefficient (Wildman–Crippen LogP) is 2.91. The normalized spacial score (nSPS) is 12.1. The van der Waals surface area contributed by atoms with Crippen molar-refractivity contribution in [2.24, 2.45) is 12.0 Å². The van der Waals surface area contributed by atoms with E-state index in [4.69, 9.17) is 0 Å². The van der Waals surface area contributed by atoms with Crippen molar-refractivity contribution < 1.29 is 13.2 Å². The van der Waals surface area contributed by atoms with Crippen molar-refractivity contribution in [2.45, 2.75) is 26.2 Å². The number of hydrogen-bond acceptors (Lipinski definition) is 3. The Morgan fingerprint density at radius 2 is 1.96 bits per heavy atom. The standard InChI is InChI=1S/C18H23F3N6/c1-5-10-22-17(23-11-16-25-24-13(2)27(16)4)26(3)12-14-6-8-15(9-7-14)18(19,20)21/h5-9H,1,10-12H2,2-4H3,(H,22,23). The number of hydrogen-bond donors (Lipinski definition) is 1. The summed E-state index contributed by atoms with van der Waals surface area (Å²) < 4.78 is 39.9. The predicted molar refractivity (Wildman–Crippen MR) is 98.0 cm³/mol. The Balaban J connectivity index is 2.11. The van der Waals surface area contributed by atoms with Crippen molar-refractivity contribution in [1.82, 2.24) is 25.0 Å². The number of benzene rings is 1. The zero-order valence-electron chi connectivity index (χ0n) is 15.6. The van der Waals surface area contributed by atoms with Crippen LogP contribution in [0.5, 0.6) is 0 Å². The zero-order valence-corrected chi connectivity index (χ0v) is 15.6. The van der Waals surface area contributed by atoms with Gasteiger partial charge in [-0.2, -0.15) is 13.2 Å². The molecule has 2 rings (SSSR count). The van der Waals surface area contributed by atoms with E-state index in [0.29, 0.717) is 31.4 Å². The van der Waals surface area contributed by atoms with E-state index in [2.05, 4.69) is 27.1 Å². The monoisotopic (exact) mass is 380 g/mol. The zero-order chi connectivity index (χ0) is 20.0. The second-order valence-electron chi connectivity index (χ2n) is 6.08. The molecule has 146 valence electrons. The van der Waals surface area contributed by atoms with Crippen molar-refractivity contribution in [3.63, 3.8) is 0 Å². The summed E-state index contributed by atoms with van der Waals surface area (Å²) in [6.07, 6.45) is -2.63. The molecule has 0 aliphatic carbocycles. The molecule has 1 N–H and O–H groups in total. The molecule has 1 heterocycles. The first-order chi connectivity index (χ1) is 12.7. The first-order valence-electron chi connectivity index (χ1n) is 8.33. The number of aliphatic imine (C=N–C) groups is 1. The Labute approximate surface area is 156 Å². The molecular formula is C18H23F3N6. The topological polar surface area (TPSA) is 58.3 Å². The summed E-state index contributed by atoms with van der Waals surface area (Å²) >= 11 is 0. The van der Waals surface area contributed by atoms with Gasteiger partial charge in [-0.05, 0) is 24.6 Å². The maximum Gasteiger partial charge on any atom is 0.416 e. The third-order valence-corrected chi connectivity index (χ3v) is 4.02. The average molecular weight is 380 g/mol. The average Bonchev–Trinajstić information content (AvgIpc) is 2.93. The van der Waals surface area contributed by atoms with Crippen LogP contribution in [0.1, 0.15) is 22.8 Å². The van der Waals surface area contributed by atoms with E-state index in [1.807, 2.05) is 30.5 Å². The molecule has 0 aliphatic heterocycles. The van der Waals surface area contributed by atoms with Gasteiger partial charge in [0, 0.05) is 27.2 Å². The van der Waals surface area contributed by atoms with E-state index in [9.17, 15) is 13.2 Å². The van der Waals surface area contributed by atoms with Crippen LogP contribution in [0.2, 0.25) is 0 Å². The van der Waals surface area contributed by atoms with Gasteiger partial charge < -0.3 is 14.8 Å². The molecule has 0 aliphatic rings. The number of rotatable bonds is 6. The van der Waals surface area contributed by atoms with Gasteiger partial charge in [-0.1, -0.05) is 18.2 Å². The van der Waals surface area contributed by atoms with Gasteiger partial charge in [0.15, 0.2) is 11.8 Å². The van der Waals surface area contributed by atoms with Gasteiger partial charge in [0.1, 0.15) is 12.4 Å².